The molecule has 19 nitrogen and oxygen atoms in total. The normalized spacial score (nSPS) is 18.9. The zero-order valence-electron chi connectivity index (χ0n) is 27.8. The highest BCUT2D eigenvalue weighted by Gasteiger charge is 2.47. The summed E-state index contributed by atoms with van der Waals surface area (Å²) in [4.78, 5) is 68.4. The number of likely N-dealkylation sites (N-methyl/N-ethyl adjacent to an activating group) is 1. The number of anilines is 4. The molecule has 19 heteroatoms. The van der Waals surface area contributed by atoms with Gasteiger partial charge < -0.3 is 41.2 Å². The van der Waals surface area contributed by atoms with E-state index in [-0.39, 0.29) is 48.2 Å². The molecule has 5 heterocycles. The summed E-state index contributed by atoms with van der Waals surface area (Å²) in [5.41, 5.74) is 7.47. The first kappa shape index (κ1) is 34.2. The minimum Gasteiger partial charge on any atom is -0.387 e. The molecule has 0 spiro atoms. The molecule has 6 rings (SSSR count). The Morgan fingerprint density at radius 1 is 0.960 bits per heavy atom. The summed E-state index contributed by atoms with van der Waals surface area (Å²) in [5.74, 6) is -0.183. The van der Waals surface area contributed by atoms with Gasteiger partial charge in [-0.25, -0.2) is 14.8 Å². The van der Waals surface area contributed by atoms with Crippen LogP contribution in [0.3, 0.4) is 0 Å². The number of nitrogens with one attached hydrogen (secondary N) is 3. The molecule has 1 saturated heterocycles. The molecule has 0 unspecified atom stereocenters. The van der Waals surface area contributed by atoms with Crippen molar-refractivity contribution < 1.29 is 24.5 Å². The quantitative estimate of drug-likeness (QED) is 0.105. The van der Waals surface area contributed by atoms with Gasteiger partial charge >= 0.3 is 5.69 Å². The Labute approximate surface area is 283 Å². The average Bonchev–Trinajstić information content (AvgIpc) is 3.75. The number of rotatable bonds is 11. The SMILES string of the molecule is CCNC(=O)[C@@H]1O[C@@H](n2cnc3c(N)nc(Nc4ccc(NC(=O)CCc5nc6c(c(=O)n(CC)c(=O)n6CC)n5C)cc4)nc32)[C@H](O)[C@@H]1O. The lowest BCUT2D eigenvalue weighted by Gasteiger charge is -2.17. The third kappa shape index (κ3) is 6.05. The molecule has 1 aromatic carbocycles. The van der Waals surface area contributed by atoms with Gasteiger partial charge in [0.1, 0.15) is 23.5 Å². The molecule has 264 valence electrons. The van der Waals surface area contributed by atoms with Gasteiger partial charge in [-0.1, -0.05) is 0 Å². The number of fused-ring (bicyclic) bond motifs is 2. The van der Waals surface area contributed by atoms with Crippen LogP contribution in [0.4, 0.5) is 23.1 Å². The number of benzene rings is 1. The van der Waals surface area contributed by atoms with E-state index in [1.54, 1.807) is 49.7 Å². The van der Waals surface area contributed by atoms with E-state index in [0.29, 0.717) is 41.5 Å². The van der Waals surface area contributed by atoms with Gasteiger partial charge in [0.05, 0.1) is 6.33 Å². The van der Waals surface area contributed by atoms with E-state index in [1.165, 1.54) is 20.0 Å². The fraction of sp³-hybridized carbons (Fsp3) is 0.419. The summed E-state index contributed by atoms with van der Waals surface area (Å²) in [6.45, 7) is 6.18. The predicted molar refractivity (Wildman–Crippen MR) is 182 cm³/mol. The maximum absolute atomic E-state index is 13.0. The zero-order valence-corrected chi connectivity index (χ0v) is 27.8. The first-order valence-corrected chi connectivity index (χ1v) is 16.1. The minimum atomic E-state index is -1.48. The van der Waals surface area contributed by atoms with Gasteiger partial charge in [-0.05, 0) is 45.0 Å². The van der Waals surface area contributed by atoms with Gasteiger partial charge in [-0.3, -0.25) is 28.1 Å². The van der Waals surface area contributed by atoms with E-state index in [1.807, 2.05) is 6.92 Å². The largest absolute Gasteiger partial charge is 0.387 e. The van der Waals surface area contributed by atoms with E-state index >= 15 is 0 Å². The molecule has 2 amide bonds. The van der Waals surface area contributed by atoms with Crippen molar-refractivity contribution in [1.82, 2.24) is 43.5 Å². The maximum atomic E-state index is 13.0. The number of aliphatic hydroxyl groups excluding tert-OH is 2. The zero-order chi connectivity index (χ0) is 35.9. The Morgan fingerprint density at radius 2 is 1.66 bits per heavy atom. The van der Waals surface area contributed by atoms with E-state index in [9.17, 15) is 29.4 Å². The molecule has 1 fully saturated rings. The molecule has 4 atom stereocenters. The Hall–Kier alpha value is -5.66. The van der Waals surface area contributed by atoms with Crippen molar-refractivity contribution in [3.05, 3.63) is 57.3 Å². The van der Waals surface area contributed by atoms with Crippen LogP contribution >= 0.6 is 0 Å². The summed E-state index contributed by atoms with van der Waals surface area (Å²) < 4.78 is 11.3. The fourth-order valence-corrected chi connectivity index (χ4v) is 5.97. The fourth-order valence-electron chi connectivity index (χ4n) is 5.97. The predicted octanol–water partition coefficient (Wildman–Crippen LogP) is -0.271. The molecule has 0 bridgehead atoms. The van der Waals surface area contributed by atoms with E-state index < -0.39 is 41.7 Å². The smallest absolute Gasteiger partial charge is 0.332 e. The second kappa shape index (κ2) is 13.7. The summed E-state index contributed by atoms with van der Waals surface area (Å²) in [7, 11) is 1.70. The van der Waals surface area contributed by atoms with Crippen molar-refractivity contribution in [1.29, 1.82) is 0 Å². The number of aryl methyl sites for hydroxylation is 3. The number of carbonyl (C=O) groups excluding carboxylic acids is 2. The number of hydrogen-bond acceptors (Lipinski definition) is 13. The first-order chi connectivity index (χ1) is 24.0. The summed E-state index contributed by atoms with van der Waals surface area (Å²) in [6, 6.07) is 6.75. The third-order valence-electron chi connectivity index (χ3n) is 8.54. The Balaban J connectivity index is 1.13. The van der Waals surface area contributed by atoms with Crippen LogP contribution in [0.15, 0.2) is 40.2 Å². The standard InChI is InChI=1S/C31H38N12O7/c1-5-33-27(47)23-21(45)22(46)29(50-23)43-14-34-19-24(32)38-30(39-25(19)43)36-16-10-8-15(9-11-16)35-18(44)13-12-17-37-26-20(40(17)4)28(48)42(7-3)31(49)41(26)6-2/h8-11,14,21-23,29,45-46H,5-7,12-13H2,1-4H3,(H,33,47)(H,35,44)(H3,32,36,38,39)/t21-,22+,23+,29+/m0/s1. The van der Waals surface area contributed by atoms with Gasteiger partial charge in [0.25, 0.3) is 11.5 Å². The number of imidazole rings is 2. The highest BCUT2D eigenvalue weighted by atomic mass is 16.6. The van der Waals surface area contributed by atoms with E-state index in [2.05, 4.69) is 35.9 Å². The van der Waals surface area contributed by atoms with Crippen LogP contribution in [0.25, 0.3) is 22.3 Å². The number of nitrogen functional groups attached to an aromatic ring is 1. The highest BCUT2D eigenvalue weighted by Crippen LogP contribution is 2.33. The van der Waals surface area contributed by atoms with Crippen LogP contribution in [-0.4, -0.2) is 85.1 Å². The minimum absolute atomic E-state index is 0.0445. The number of aromatic nitrogens is 8. The number of aliphatic hydroxyl groups is 2. The lowest BCUT2D eigenvalue weighted by molar-refractivity contribution is -0.137. The average molecular weight is 691 g/mol. The molecular weight excluding hydrogens is 652 g/mol. The molecule has 1 aliphatic heterocycles. The lowest BCUT2D eigenvalue weighted by Crippen LogP contribution is -2.42. The van der Waals surface area contributed by atoms with E-state index in [4.69, 9.17) is 10.5 Å². The highest BCUT2D eigenvalue weighted by molar-refractivity contribution is 5.91. The molecule has 50 heavy (non-hydrogen) atoms. The van der Waals surface area contributed by atoms with E-state index in [0.717, 1.165) is 0 Å². The molecular formula is C31H38N12O7. The van der Waals surface area contributed by atoms with Crippen LogP contribution in [0.5, 0.6) is 0 Å². The van der Waals surface area contributed by atoms with Gasteiger partial charge in [-0.2, -0.15) is 9.97 Å². The van der Waals surface area contributed by atoms with Crippen LogP contribution in [0, 0.1) is 0 Å². The summed E-state index contributed by atoms with van der Waals surface area (Å²) >= 11 is 0. The monoisotopic (exact) mass is 690 g/mol. The molecule has 0 aliphatic carbocycles. The molecule has 0 saturated carbocycles. The van der Waals surface area contributed by atoms with Gasteiger partial charge in [-0.15, -0.1) is 0 Å². The number of amides is 2. The van der Waals surface area contributed by atoms with Crippen LogP contribution < -0.4 is 32.9 Å². The van der Waals surface area contributed by atoms with Crippen LogP contribution in [-0.2, 0) is 40.9 Å². The molecule has 7 N–H and O–H groups in total. The lowest BCUT2D eigenvalue weighted by atomic mass is 10.1. The first-order valence-electron chi connectivity index (χ1n) is 16.1. The van der Waals surface area contributed by atoms with Gasteiger partial charge in [0.2, 0.25) is 11.9 Å². The Kier molecular flexibility index (Phi) is 9.37. The number of carbonyl (C=O) groups is 2. The van der Waals surface area contributed by atoms with Crippen molar-refractivity contribution in [3.63, 3.8) is 0 Å². The molecule has 5 aromatic rings. The van der Waals surface area contributed by atoms with Crippen molar-refractivity contribution in [3.8, 4) is 0 Å². The second-order valence-corrected chi connectivity index (χ2v) is 11.7. The number of hydrogen-bond donors (Lipinski definition) is 6. The molecule has 4 aromatic heterocycles. The van der Waals surface area contributed by atoms with Crippen molar-refractivity contribution in [2.45, 2.75) is 71.2 Å². The van der Waals surface area contributed by atoms with Gasteiger partial charge in [0, 0.05) is 50.9 Å². The van der Waals surface area contributed by atoms with Crippen molar-refractivity contribution in [2.75, 3.05) is 22.9 Å². The molecule has 0 radical (unpaired) electrons. The summed E-state index contributed by atoms with van der Waals surface area (Å²) in [6.07, 6.45) is -3.73. The second-order valence-electron chi connectivity index (χ2n) is 11.7. The number of nitrogens with zero attached hydrogens (tertiary/aromatic N) is 8. The van der Waals surface area contributed by atoms with Crippen LogP contribution in [0.2, 0.25) is 0 Å². The van der Waals surface area contributed by atoms with Crippen molar-refractivity contribution >= 4 is 57.3 Å². The van der Waals surface area contributed by atoms with Crippen LogP contribution in [0.1, 0.15) is 39.2 Å². The molecule has 1 aliphatic rings. The maximum Gasteiger partial charge on any atom is 0.332 e. The topological polar surface area (TPSA) is 251 Å². The third-order valence-corrected chi connectivity index (χ3v) is 8.54. The Morgan fingerprint density at radius 3 is 2.34 bits per heavy atom. The van der Waals surface area contributed by atoms with Gasteiger partial charge in [0.15, 0.2) is 35.0 Å². The number of nitrogens with two attached hydrogens (primary N) is 1. The summed E-state index contributed by atoms with van der Waals surface area (Å²) in [5, 5.41) is 29.6. The number of ether oxygens (including phenoxy) is 1. The Bertz CT molecular complexity index is 2200. The van der Waals surface area contributed by atoms with Crippen molar-refractivity contribution in [2.24, 2.45) is 7.05 Å².